The zero-order valence-corrected chi connectivity index (χ0v) is 9.79. The number of benzene rings is 1. The van der Waals surface area contributed by atoms with Crippen LogP contribution in [0.4, 0.5) is 0 Å². The minimum absolute atomic E-state index is 0.790. The lowest BCUT2D eigenvalue weighted by atomic mass is 9.86. The van der Waals surface area contributed by atoms with Gasteiger partial charge in [-0.1, -0.05) is 30.7 Å². The molecule has 2 rings (SSSR count). The Bertz CT molecular complexity index is 319. The molecule has 0 amide bonds. The maximum Gasteiger partial charge on any atom is -0.00177 e. The molecule has 0 heterocycles. The SMILES string of the molecule is CNCC1CCCC1c1ccccc1C. The van der Waals surface area contributed by atoms with Crippen LogP contribution in [0.25, 0.3) is 0 Å². The van der Waals surface area contributed by atoms with Gasteiger partial charge in [-0.05, 0) is 56.3 Å². The molecule has 15 heavy (non-hydrogen) atoms. The zero-order valence-electron chi connectivity index (χ0n) is 9.79. The van der Waals surface area contributed by atoms with Gasteiger partial charge in [0.1, 0.15) is 0 Å². The van der Waals surface area contributed by atoms with E-state index in [0.29, 0.717) is 0 Å². The van der Waals surface area contributed by atoms with Crippen LogP contribution in [-0.4, -0.2) is 13.6 Å². The van der Waals surface area contributed by atoms with Gasteiger partial charge in [0.05, 0.1) is 0 Å². The third kappa shape index (κ3) is 2.23. The Morgan fingerprint density at radius 2 is 2.07 bits per heavy atom. The maximum atomic E-state index is 3.33. The van der Waals surface area contributed by atoms with Crippen molar-refractivity contribution in [2.75, 3.05) is 13.6 Å². The third-order valence-corrected chi connectivity index (χ3v) is 3.71. The fourth-order valence-electron chi connectivity index (χ4n) is 2.96. The Balaban J connectivity index is 2.19. The summed E-state index contributed by atoms with van der Waals surface area (Å²) in [5, 5.41) is 3.33. The molecule has 1 aromatic carbocycles. The molecule has 82 valence electrons. The predicted molar refractivity (Wildman–Crippen MR) is 65.2 cm³/mol. The number of nitrogens with one attached hydrogen (secondary N) is 1. The fourth-order valence-corrected chi connectivity index (χ4v) is 2.96. The second kappa shape index (κ2) is 4.80. The molecular formula is C14H21N. The van der Waals surface area contributed by atoms with E-state index in [1.807, 2.05) is 0 Å². The van der Waals surface area contributed by atoms with Crippen molar-refractivity contribution in [2.24, 2.45) is 5.92 Å². The van der Waals surface area contributed by atoms with Crippen molar-refractivity contribution in [3.8, 4) is 0 Å². The van der Waals surface area contributed by atoms with Gasteiger partial charge in [-0.2, -0.15) is 0 Å². The van der Waals surface area contributed by atoms with Crippen LogP contribution in [-0.2, 0) is 0 Å². The highest BCUT2D eigenvalue weighted by atomic mass is 14.8. The van der Waals surface area contributed by atoms with Crippen molar-refractivity contribution in [1.29, 1.82) is 0 Å². The molecular weight excluding hydrogens is 182 g/mol. The Hall–Kier alpha value is -0.820. The molecule has 1 fully saturated rings. The van der Waals surface area contributed by atoms with Crippen LogP contribution in [0.5, 0.6) is 0 Å². The quantitative estimate of drug-likeness (QED) is 0.796. The van der Waals surface area contributed by atoms with E-state index in [0.717, 1.165) is 11.8 Å². The van der Waals surface area contributed by atoms with Gasteiger partial charge in [-0.25, -0.2) is 0 Å². The smallest absolute Gasteiger partial charge is 0.00177 e. The van der Waals surface area contributed by atoms with E-state index in [-0.39, 0.29) is 0 Å². The summed E-state index contributed by atoms with van der Waals surface area (Å²) in [6.07, 6.45) is 4.16. The first-order valence-corrected chi connectivity index (χ1v) is 6.03. The van der Waals surface area contributed by atoms with Crippen LogP contribution in [0.2, 0.25) is 0 Å². The van der Waals surface area contributed by atoms with Crippen molar-refractivity contribution < 1.29 is 0 Å². The molecule has 0 radical (unpaired) electrons. The molecule has 2 atom stereocenters. The first kappa shape index (κ1) is 10.7. The Labute approximate surface area is 92.9 Å². The van der Waals surface area contributed by atoms with Crippen molar-refractivity contribution in [3.05, 3.63) is 35.4 Å². The summed E-state index contributed by atoms with van der Waals surface area (Å²) in [4.78, 5) is 0. The van der Waals surface area contributed by atoms with Gasteiger partial charge in [0.15, 0.2) is 0 Å². The highest BCUT2D eigenvalue weighted by Gasteiger charge is 2.28. The van der Waals surface area contributed by atoms with Crippen LogP contribution in [0.1, 0.15) is 36.3 Å². The van der Waals surface area contributed by atoms with E-state index in [9.17, 15) is 0 Å². The van der Waals surface area contributed by atoms with Crippen molar-refractivity contribution in [3.63, 3.8) is 0 Å². The lowest BCUT2D eigenvalue weighted by molar-refractivity contribution is 0.461. The van der Waals surface area contributed by atoms with Crippen molar-refractivity contribution >= 4 is 0 Å². The van der Waals surface area contributed by atoms with Gasteiger partial charge in [-0.3, -0.25) is 0 Å². The van der Waals surface area contributed by atoms with E-state index in [4.69, 9.17) is 0 Å². The van der Waals surface area contributed by atoms with Gasteiger partial charge in [0.2, 0.25) is 0 Å². The van der Waals surface area contributed by atoms with Crippen LogP contribution in [0.3, 0.4) is 0 Å². The predicted octanol–water partition coefficient (Wildman–Crippen LogP) is 3.10. The van der Waals surface area contributed by atoms with Crippen molar-refractivity contribution in [2.45, 2.75) is 32.1 Å². The maximum absolute atomic E-state index is 3.33. The monoisotopic (exact) mass is 203 g/mol. The van der Waals surface area contributed by atoms with Gasteiger partial charge in [0, 0.05) is 0 Å². The number of hydrogen-bond acceptors (Lipinski definition) is 1. The Kier molecular flexibility index (Phi) is 3.42. The van der Waals surface area contributed by atoms with E-state index >= 15 is 0 Å². The second-order valence-electron chi connectivity index (χ2n) is 4.71. The molecule has 0 spiro atoms. The molecule has 0 saturated heterocycles. The van der Waals surface area contributed by atoms with Crippen LogP contribution >= 0.6 is 0 Å². The Morgan fingerprint density at radius 1 is 1.27 bits per heavy atom. The molecule has 1 nitrogen and oxygen atoms in total. The summed E-state index contributed by atoms with van der Waals surface area (Å²) in [5.41, 5.74) is 3.04. The van der Waals surface area contributed by atoms with Gasteiger partial charge in [0.25, 0.3) is 0 Å². The van der Waals surface area contributed by atoms with E-state index < -0.39 is 0 Å². The number of hydrogen-bond donors (Lipinski definition) is 1. The van der Waals surface area contributed by atoms with E-state index in [2.05, 4.69) is 43.6 Å². The summed E-state index contributed by atoms with van der Waals surface area (Å²) < 4.78 is 0. The first-order valence-electron chi connectivity index (χ1n) is 6.03. The normalized spacial score (nSPS) is 25.7. The molecule has 0 aromatic heterocycles. The van der Waals surface area contributed by atoms with Crippen LogP contribution < -0.4 is 5.32 Å². The lowest BCUT2D eigenvalue weighted by Gasteiger charge is -2.21. The average molecular weight is 203 g/mol. The summed E-state index contributed by atoms with van der Waals surface area (Å²) in [7, 11) is 2.06. The lowest BCUT2D eigenvalue weighted by Crippen LogP contribution is -2.21. The summed E-state index contributed by atoms with van der Waals surface area (Å²) in [6, 6.07) is 8.87. The zero-order chi connectivity index (χ0) is 10.7. The fraction of sp³-hybridized carbons (Fsp3) is 0.571. The molecule has 1 aliphatic rings. The molecule has 1 aliphatic carbocycles. The van der Waals surface area contributed by atoms with Crippen LogP contribution in [0.15, 0.2) is 24.3 Å². The van der Waals surface area contributed by atoms with Crippen molar-refractivity contribution in [1.82, 2.24) is 5.32 Å². The van der Waals surface area contributed by atoms with E-state index in [1.54, 1.807) is 5.56 Å². The summed E-state index contributed by atoms with van der Waals surface area (Å²) >= 11 is 0. The minimum atomic E-state index is 0.790. The molecule has 1 N–H and O–H groups in total. The molecule has 0 aliphatic heterocycles. The standard InChI is InChI=1S/C14H21N/c1-11-6-3-4-8-13(11)14-9-5-7-12(14)10-15-2/h3-4,6,8,12,14-15H,5,7,9-10H2,1-2H3. The summed E-state index contributed by atoms with van der Waals surface area (Å²) in [5.74, 6) is 1.63. The highest BCUT2D eigenvalue weighted by molar-refractivity contribution is 5.30. The molecule has 0 bridgehead atoms. The van der Waals surface area contributed by atoms with Gasteiger partial charge in [-0.15, -0.1) is 0 Å². The molecule has 2 unspecified atom stereocenters. The van der Waals surface area contributed by atoms with Gasteiger partial charge < -0.3 is 5.32 Å². The first-order chi connectivity index (χ1) is 7.33. The largest absolute Gasteiger partial charge is 0.319 e. The van der Waals surface area contributed by atoms with E-state index in [1.165, 1.54) is 31.4 Å². The average Bonchev–Trinajstić information content (AvgIpc) is 2.67. The summed E-state index contributed by atoms with van der Waals surface area (Å²) in [6.45, 7) is 3.41. The number of rotatable bonds is 3. The second-order valence-corrected chi connectivity index (χ2v) is 4.71. The highest BCUT2D eigenvalue weighted by Crippen LogP contribution is 2.40. The third-order valence-electron chi connectivity index (χ3n) is 3.71. The molecule has 1 aromatic rings. The Morgan fingerprint density at radius 3 is 2.80 bits per heavy atom. The molecule has 1 heteroatoms. The molecule has 1 saturated carbocycles. The number of aryl methyl sites for hydroxylation is 1. The minimum Gasteiger partial charge on any atom is -0.319 e. The van der Waals surface area contributed by atoms with Gasteiger partial charge >= 0.3 is 0 Å². The van der Waals surface area contributed by atoms with Crippen LogP contribution in [0, 0.1) is 12.8 Å². The topological polar surface area (TPSA) is 12.0 Å².